The van der Waals surface area contributed by atoms with Crippen molar-refractivity contribution in [1.82, 2.24) is 19.9 Å². The molecule has 96 valence electrons. The normalized spacial score (nSPS) is 12.6. The predicted octanol–water partition coefficient (Wildman–Crippen LogP) is 2.47. The van der Waals surface area contributed by atoms with Crippen molar-refractivity contribution in [2.24, 2.45) is 0 Å². The van der Waals surface area contributed by atoms with Crippen molar-refractivity contribution in [2.75, 3.05) is 6.54 Å². The Morgan fingerprint density at radius 1 is 1.50 bits per heavy atom. The van der Waals surface area contributed by atoms with Crippen molar-refractivity contribution >= 4 is 11.5 Å². The highest BCUT2D eigenvalue weighted by Gasteiger charge is 2.21. The van der Waals surface area contributed by atoms with E-state index in [2.05, 4.69) is 26.8 Å². The lowest BCUT2D eigenvalue weighted by Gasteiger charge is -2.18. The van der Waals surface area contributed by atoms with Crippen LogP contribution < -0.4 is 5.32 Å². The van der Waals surface area contributed by atoms with Crippen LogP contribution in [-0.4, -0.2) is 21.1 Å². The van der Waals surface area contributed by atoms with E-state index in [0.29, 0.717) is 5.56 Å². The molecule has 0 radical (unpaired) electrons. The number of aromatic nitrogens is 3. The summed E-state index contributed by atoms with van der Waals surface area (Å²) in [6.07, 6.45) is 3.82. The summed E-state index contributed by atoms with van der Waals surface area (Å²) in [7, 11) is 0. The number of pyridine rings is 1. The monoisotopic (exact) mass is 266 g/mol. The molecule has 0 spiro atoms. The Labute approximate surface area is 109 Å². The molecule has 18 heavy (non-hydrogen) atoms. The van der Waals surface area contributed by atoms with Gasteiger partial charge in [-0.2, -0.15) is 0 Å². The Balaban J connectivity index is 2.37. The SMILES string of the molecule is CCCNC(c1ccncc1F)c1snnc1C. The maximum atomic E-state index is 13.9. The number of nitrogens with zero attached hydrogens (tertiary/aromatic N) is 3. The van der Waals surface area contributed by atoms with Crippen LogP contribution in [0.5, 0.6) is 0 Å². The lowest BCUT2D eigenvalue weighted by Crippen LogP contribution is -2.24. The van der Waals surface area contributed by atoms with Gasteiger partial charge in [0.2, 0.25) is 0 Å². The highest BCUT2D eigenvalue weighted by Crippen LogP contribution is 2.27. The average molecular weight is 266 g/mol. The minimum absolute atomic E-state index is 0.201. The molecule has 6 heteroatoms. The summed E-state index contributed by atoms with van der Waals surface area (Å²) in [5, 5.41) is 7.32. The first kappa shape index (κ1) is 13.0. The number of halogens is 1. The van der Waals surface area contributed by atoms with Gasteiger partial charge in [0.05, 0.1) is 22.8 Å². The van der Waals surface area contributed by atoms with Crippen molar-refractivity contribution in [1.29, 1.82) is 0 Å². The second-order valence-electron chi connectivity index (χ2n) is 4.01. The molecular weight excluding hydrogens is 251 g/mol. The molecule has 2 aromatic rings. The molecule has 1 atom stereocenters. The molecular formula is C12H15FN4S. The average Bonchev–Trinajstić information content (AvgIpc) is 2.78. The molecule has 1 N–H and O–H groups in total. The minimum atomic E-state index is -0.307. The van der Waals surface area contributed by atoms with Crippen molar-refractivity contribution < 1.29 is 4.39 Å². The number of nitrogens with one attached hydrogen (secondary N) is 1. The predicted molar refractivity (Wildman–Crippen MR) is 69.0 cm³/mol. The van der Waals surface area contributed by atoms with E-state index in [9.17, 15) is 4.39 Å². The fraction of sp³-hybridized carbons (Fsp3) is 0.417. The molecule has 1 unspecified atom stereocenters. The number of hydrogen-bond donors (Lipinski definition) is 1. The van der Waals surface area contributed by atoms with Crippen molar-refractivity contribution in [3.63, 3.8) is 0 Å². The third-order valence-electron chi connectivity index (χ3n) is 2.66. The van der Waals surface area contributed by atoms with Crippen LogP contribution in [0.1, 0.15) is 35.5 Å². The Morgan fingerprint density at radius 3 is 2.94 bits per heavy atom. The van der Waals surface area contributed by atoms with Gasteiger partial charge in [0, 0.05) is 11.8 Å². The van der Waals surface area contributed by atoms with Crippen LogP contribution in [-0.2, 0) is 0 Å². The Bertz CT molecular complexity index is 514. The van der Waals surface area contributed by atoms with Gasteiger partial charge < -0.3 is 5.32 Å². The highest BCUT2D eigenvalue weighted by atomic mass is 32.1. The van der Waals surface area contributed by atoms with Crippen molar-refractivity contribution in [2.45, 2.75) is 26.3 Å². The maximum absolute atomic E-state index is 13.9. The largest absolute Gasteiger partial charge is 0.305 e. The van der Waals surface area contributed by atoms with E-state index >= 15 is 0 Å². The molecule has 4 nitrogen and oxygen atoms in total. The topological polar surface area (TPSA) is 50.7 Å². The molecule has 0 saturated carbocycles. The Morgan fingerprint density at radius 2 is 2.33 bits per heavy atom. The lowest BCUT2D eigenvalue weighted by atomic mass is 10.1. The quantitative estimate of drug-likeness (QED) is 0.903. The van der Waals surface area contributed by atoms with Crippen LogP contribution >= 0.6 is 11.5 Å². The van der Waals surface area contributed by atoms with Gasteiger partial charge in [-0.05, 0) is 37.5 Å². The van der Waals surface area contributed by atoms with E-state index in [0.717, 1.165) is 23.5 Å². The van der Waals surface area contributed by atoms with Crippen LogP contribution in [0.15, 0.2) is 18.5 Å². The summed E-state index contributed by atoms with van der Waals surface area (Å²) >= 11 is 1.30. The molecule has 0 aliphatic heterocycles. The summed E-state index contributed by atoms with van der Waals surface area (Å²) in [5.74, 6) is -0.307. The van der Waals surface area contributed by atoms with Crippen molar-refractivity contribution in [3.8, 4) is 0 Å². The van der Waals surface area contributed by atoms with Crippen LogP contribution in [0.3, 0.4) is 0 Å². The standard InChI is InChI=1S/C12H15FN4S/c1-3-5-15-11(12-8(2)16-17-18-12)9-4-6-14-7-10(9)13/h4,6-7,11,15H,3,5H2,1-2H3. The van der Waals surface area contributed by atoms with E-state index in [1.54, 1.807) is 12.3 Å². The summed E-state index contributed by atoms with van der Waals surface area (Å²) in [4.78, 5) is 4.73. The second-order valence-corrected chi connectivity index (χ2v) is 4.79. The summed E-state index contributed by atoms with van der Waals surface area (Å²) in [6.45, 7) is 4.77. The van der Waals surface area contributed by atoms with Gasteiger partial charge in [-0.1, -0.05) is 11.4 Å². The first-order valence-electron chi connectivity index (χ1n) is 5.85. The first-order chi connectivity index (χ1) is 8.74. The van der Waals surface area contributed by atoms with Gasteiger partial charge in [0.25, 0.3) is 0 Å². The van der Waals surface area contributed by atoms with Crippen LogP contribution in [0.25, 0.3) is 0 Å². The minimum Gasteiger partial charge on any atom is -0.305 e. The zero-order valence-corrected chi connectivity index (χ0v) is 11.2. The highest BCUT2D eigenvalue weighted by molar-refractivity contribution is 7.05. The Kier molecular flexibility index (Phi) is 4.33. The molecule has 0 aliphatic rings. The van der Waals surface area contributed by atoms with Gasteiger partial charge in [-0.15, -0.1) is 5.10 Å². The molecule has 2 rings (SSSR count). The molecule has 0 saturated heterocycles. The number of hydrogen-bond acceptors (Lipinski definition) is 5. The first-order valence-corrected chi connectivity index (χ1v) is 6.63. The van der Waals surface area contributed by atoms with Gasteiger partial charge >= 0.3 is 0 Å². The molecule has 0 amide bonds. The van der Waals surface area contributed by atoms with Crippen LogP contribution in [0, 0.1) is 12.7 Å². The fourth-order valence-electron chi connectivity index (χ4n) is 1.76. The molecule has 0 aliphatic carbocycles. The Hall–Kier alpha value is -1.40. The smallest absolute Gasteiger partial charge is 0.146 e. The molecule has 0 bridgehead atoms. The van der Waals surface area contributed by atoms with Gasteiger partial charge in [0.1, 0.15) is 5.82 Å². The van der Waals surface area contributed by atoms with Gasteiger partial charge in [-0.3, -0.25) is 4.98 Å². The summed E-state index contributed by atoms with van der Waals surface area (Å²) in [6, 6.07) is 1.50. The number of aryl methyl sites for hydroxylation is 1. The molecule has 2 heterocycles. The summed E-state index contributed by atoms with van der Waals surface area (Å²) < 4.78 is 17.8. The fourth-order valence-corrected chi connectivity index (χ4v) is 2.50. The van der Waals surface area contributed by atoms with Crippen LogP contribution in [0.4, 0.5) is 4.39 Å². The second kappa shape index (κ2) is 5.97. The van der Waals surface area contributed by atoms with E-state index in [4.69, 9.17) is 0 Å². The zero-order chi connectivity index (χ0) is 13.0. The third kappa shape index (κ3) is 2.70. The molecule has 2 aromatic heterocycles. The van der Waals surface area contributed by atoms with E-state index < -0.39 is 0 Å². The van der Waals surface area contributed by atoms with Crippen molar-refractivity contribution in [3.05, 3.63) is 40.4 Å². The zero-order valence-electron chi connectivity index (χ0n) is 10.4. The third-order valence-corrected chi connectivity index (χ3v) is 3.55. The van der Waals surface area contributed by atoms with E-state index in [-0.39, 0.29) is 11.9 Å². The van der Waals surface area contributed by atoms with E-state index in [1.807, 2.05) is 6.92 Å². The molecule has 0 fully saturated rings. The molecule has 0 aromatic carbocycles. The van der Waals surface area contributed by atoms with Gasteiger partial charge in [-0.25, -0.2) is 4.39 Å². The summed E-state index contributed by atoms with van der Waals surface area (Å²) in [5.41, 5.74) is 1.43. The van der Waals surface area contributed by atoms with E-state index in [1.165, 1.54) is 17.7 Å². The lowest BCUT2D eigenvalue weighted by molar-refractivity contribution is 0.545. The van der Waals surface area contributed by atoms with Gasteiger partial charge in [0.15, 0.2) is 0 Å². The maximum Gasteiger partial charge on any atom is 0.146 e. The number of rotatable bonds is 5. The van der Waals surface area contributed by atoms with Crippen LogP contribution in [0.2, 0.25) is 0 Å².